The Morgan fingerprint density at radius 3 is 2.90 bits per heavy atom. The lowest BCUT2D eigenvalue weighted by Gasteiger charge is -2.32. The number of piperidine rings is 1. The Bertz CT molecular complexity index is 582. The normalized spacial score (nSPS) is 18.4. The van der Waals surface area contributed by atoms with E-state index in [0.717, 1.165) is 12.1 Å². The first-order valence-electron chi connectivity index (χ1n) is 6.40. The summed E-state index contributed by atoms with van der Waals surface area (Å²) >= 11 is 2.95. The second-order valence-electron chi connectivity index (χ2n) is 4.82. The largest absolute Gasteiger partial charge is 0.469 e. The highest BCUT2D eigenvalue weighted by Crippen LogP contribution is 2.35. The number of methoxy groups -OCH3 is 1. The van der Waals surface area contributed by atoms with E-state index in [0.29, 0.717) is 19.4 Å². The van der Waals surface area contributed by atoms with Gasteiger partial charge in [0.1, 0.15) is 11.5 Å². The van der Waals surface area contributed by atoms with Crippen molar-refractivity contribution in [1.82, 2.24) is 0 Å². The zero-order valence-electron chi connectivity index (χ0n) is 11.3. The van der Waals surface area contributed by atoms with Crippen LogP contribution >= 0.6 is 15.9 Å². The number of hydrogen-bond acceptors (Lipinski definition) is 5. The van der Waals surface area contributed by atoms with Crippen molar-refractivity contribution in [2.24, 2.45) is 5.92 Å². The number of nitro groups is 1. The van der Waals surface area contributed by atoms with Crippen LogP contribution in [0.2, 0.25) is 0 Å². The van der Waals surface area contributed by atoms with Gasteiger partial charge in [-0.3, -0.25) is 14.9 Å². The molecule has 0 saturated carbocycles. The third-order valence-electron chi connectivity index (χ3n) is 3.51. The lowest BCUT2D eigenvalue weighted by molar-refractivity contribution is -0.384. The number of carbonyl (C=O) groups excluding carboxylic acids is 1. The third kappa shape index (κ3) is 3.31. The van der Waals surface area contributed by atoms with Crippen molar-refractivity contribution >= 4 is 33.3 Å². The average molecular weight is 361 g/mol. The molecule has 2 rings (SSSR count). The highest BCUT2D eigenvalue weighted by atomic mass is 79.9. The van der Waals surface area contributed by atoms with Crippen LogP contribution in [0.5, 0.6) is 0 Å². The predicted molar refractivity (Wildman–Crippen MR) is 77.7 cm³/mol. The van der Waals surface area contributed by atoms with Gasteiger partial charge >= 0.3 is 5.97 Å². The van der Waals surface area contributed by atoms with Crippen molar-refractivity contribution in [3.8, 4) is 0 Å². The maximum Gasteiger partial charge on any atom is 0.310 e. The zero-order valence-corrected chi connectivity index (χ0v) is 12.9. The molecule has 1 saturated heterocycles. The van der Waals surface area contributed by atoms with E-state index in [1.54, 1.807) is 4.90 Å². The van der Waals surface area contributed by atoms with Crippen molar-refractivity contribution < 1.29 is 18.8 Å². The van der Waals surface area contributed by atoms with Crippen LogP contribution in [0.25, 0.3) is 0 Å². The van der Waals surface area contributed by atoms with Crippen molar-refractivity contribution in [2.75, 3.05) is 25.1 Å². The topological polar surface area (TPSA) is 72.7 Å². The van der Waals surface area contributed by atoms with Gasteiger partial charge in [-0.1, -0.05) is 0 Å². The van der Waals surface area contributed by atoms with Gasteiger partial charge in [0.05, 0.1) is 22.4 Å². The third-order valence-corrected chi connectivity index (χ3v) is 4.12. The molecule has 0 bridgehead atoms. The molecule has 0 amide bonds. The molecule has 1 fully saturated rings. The SMILES string of the molecule is COC(=O)C1CCCN(c2cc(F)c(Br)cc2[N+](=O)[O-])C1. The predicted octanol–water partition coefficient (Wildman–Crippen LogP) is 2.89. The number of benzene rings is 1. The Balaban J connectivity index is 2.34. The molecule has 1 aliphatic heterocycles. The highest BCUT2D eigenvalue weighted by molar-refractivity contribution is 9.10. The number of carbonyl (C=O) groups is 1. The molecule has 114 valence electrons. The van der Waals surface area contributed by atoms with Crippen LogP contribution in [0.15, 0.2) is 16.6 Å². The summed E-state index contributed by atoms with van der Waals surface area (Å²) in [5.74, 6) is -1.27. The molecule has 0 radical (unpaired) electrons. The molecule has 0 aliphatic carbocycles. The van der Waals surface area contributed by atoms with Crippen LogP contribution in [0.4, 0.5) is 15.8 Å². The Morgan fingerprint density at radius 1 is 1.57 bits per heavy atom. The van der Waals surface area contributed by atoms with Crippen LogP contribution < -0.4 is 4.90 Å². The molecule has 1 unspecified atom stereocenters. The van der Waals surface area contributed by atoms with Gasteiger partial charge in [0, 0.05) is 25.2 Å². The fourth-order valence-electron chi connectivity index (χ4n) is 2.48. The molecule has 0 N–H and O–H groups in total. The Kier molecular flexibility index (Phi) is 4.76. The maximum absolute atomic E-state index is 13.7. The van der Waals surface area contributed by atoms with Crippen LogP contribution in [-0.4, -0.2) is 31.1 Å². The van der Waals surface area contributed by atoms with Crippen molar-refractivity contribution in [3.05, 3.63) is 32.5 Å². The summed E-state index contributed by atoms with van der Waals surface area (Å²) in [6.45, 7) is 0.823. The van der Waals surface area contributed by atoms with Crippen molar-refractivity contribution in [1.29, 1.82) is 0 Å². The van der Waals surface area contributed by atoms with E-state index in [4.69, 9.17) is 4.74 Å². The molecule has 6 nitrogen and oxygen atoms in total. The van der Waals surface area contributed by atoms with Crippen LogP contribution in [0.1, 0.15) is 12.8 Å². The lowest BCUT2D eigenvalue weighted by atomic mass is 9.97. The number of ether oxygens (including phenoxy) is 1. The molecule has 0 spiro atoms. The molecule has 0 aromatic heterocycles. The molecule has 1 heterocycles. The van der Waals surface area contributed by atoms with Gasteiger partial charge in [-0.25, -0.2) is 4.39 Å². The minimum absolute atomic E-state index is 0.0412. The molecule has 1 aromatic carbocycles. The van der Waals surface area contributed by atoms with Gasteiger partial charge in [0.2, 0.25) is 0 Å². The number of hydrogen-bond donors (Lipinski definition) is 0. The monoisotopic (exact) mass is 360 g/mol. The summed E-state index contributed by atoms with van der Waals surface area (Å²) in [5, 5.41) is 11.1. The Hall–Kier alpha value is -1.70. The van der Waals surface area contributed by atoms with Crippen molar-refractivity contribution in [2.45, 2.75) is 12.8 Å². The van der Waals surface area contributed by atoms with E-state index in [1.165, 1.54) is 7.11 Å². The molecule has 1 aromatic rings. The smallest absolute Gasteiger partial charge is 0.310 e. The van der Waals surface area contributed by atoms with Gasteiger partial charge in [0.25, 0.3) is 5.69 Å². The van der Waals surface area contributed by atoms with Gasteiger partial charge in [-0.15, -0.1) is 0 Å². The van der Waals surface area contributed by atoms with E-state index >= 15 is 0 Å². The fourth-order valence-corrected chi connectivity index (χ4v) is 2.81. The zero-order chi connectivity index (χ0) is 15.6. The van der Waals surface area contributed by atoms with E-state index in [-0.39, 0.29) is 34.3 Å². The van der Waals surface area contributed by atoms with Gasteiger partial charge in [-0.2, -0.15) is 0 Å². The first-order chi connectivity index (χ1) is 9.93. The Labute approximate surface area is 129 Å². The number of nitrogens with zero attached hydrogens (tertiary/aromatic N) is 2. The first-order valence-corrected chi connectivity index (χ1v) is 7.19. The molecular weight excluding hydrogens is 347 g/mol. The van der Waals surface area contributed by atoms with Crippen LogP contribution in [-0.2, 0) is 9.53 Å². The second kappa shape index (κ2) is 6.38. The molecule has 8 heteroatoms. The summed E-state index contributed by atoms with van der Waals surface area (Å²) in [5.41, 5.74) is 0.00286. The minimum Gasteiger partial charge on any atom is -0.469 e. The van der Waals surface area contributed by atoms with Gasteiger partial charge in [0.15, 0.2) is 0 Å². The highest BCUT2D eigenvalue weighted by Gasteiger charge is 2.30. The van der Waals surface area contributed by atoms with E-state index < -0.39 is 10.7 Å². The average Bonchev–Trinajstić information content (AvgIpc) is 2.48. The van der Waals surface area contributed by atoms with Gasteiger partial charge in [-0.05, 0) is 28.8 Å². The molecule has 1 atom stereocenters. The molecule has 1 aliphatic rings. The van der Waals surface area contributed by atoms with Gasteiger partial charge < -0.3 is 9.64 Å². The standard InChI is InChI=1S/C13H14BrFN2O4/c1-21-13(18)8-3-2-4-16(7-8)11-6-10(15)9(14)5-12(11)17(19)20/h5-6,8H,2-4,7H2,1H3. The van der Waals surface area contributed by atoms with Crippen LogP contribution in [0.3, 0.4) is 0 Å². The molecular formula is C13H14BrFN2O4. The van der Waals surface area contributed by atoms with E-state index in [2.05, 4.69) is 15.9 Å². The summed E-state index contributed by atoms with van der Waals surface area (Å²) in [4.78, 5) is 23.9. The number of nitro benzene ring substituents is 1. The van der Waals surface area contributed by atoms with Crippen molar-refractivity contribution in [3.63, 3.8) is 0 Å². The number of halogens is 2. The van der Waals surface area contributed by atoms with E-state index in [9.17, 15) is 19.3 Å². The Morgan fingerprint density at radius 2 is 2.29 bits per heavy atom. The maximum atomic E-state index is 13.7. The quantitative estimate of drug-likeness (QED) is 0.470. The second-order valence-corrected chi connectivity index (χ2v) is 5.67. The summed E-state index contributed by atoms with van der Waals surface area (Å²) in [6.07, 6.45) is 1.35. The number of anilines is 1. The minimum atomic E-state index is -0.573. The summed E-state index contributed by atoms with van der Waals surface area (Å²) in [7, 11) is 1.31. The number of esters is 1. The molecule has 21 heavy (non-hydrogen) atoms. The fraction of sp³-hybridized carbons (Fsp3) is 0.462. The lowest BCUT2D eigenvalue weighted by Crippen LogP contribution is -2.39. The van der Waals surface area contributed by atoms with E-state index in [1.807, 2.05) is 0 Å². The first kappa shape index (κ1) is 15.7. The van der Waals surface area contributed by atoms with Crippen LogP contribution in [0, 0.1) is 21.8 Å². The summed E-state index contributed by atoms with van der Waals surface area (Å²) in [6, 6.07) is 2.27. The summed E-state index contributed by atoms with van der Waals surface area (Å²) < 4.78 is 18.5. The number of rotatable bonds is 3.